The lowest BCUT2D eigenvalue weighted by molar-refractivity contribution is 0.117. The first kappa shape index (κ1) is 10.9. The van der Waals surface area contributed by atoms with Gasteiger partial charge in [0.25, 0.3) is 0 Å². The molecule has 0 atom stereocenters. The molecule has 1 rings (SSSR count). The fourth-order valence-corrected chi connectivity index (χ4v) is 1.44. The second kappa shape index (κ2) is 6.32. The maximum atomic E-state index is 5.38. The third kappa shape index (κ3) is 4.57. The normalized spacial score (nSPS) is 18.9. The van der Waals surface area contributed by atoms with Gasteiger partial charge in [-0.05, 0) is 14.1 Å². The first-order valence-corrected chi connectivity index (χ1v) is 4.97. The van der Waals surface area contributed by atoms with Crippen molar-refractivity contribution in [2.24, 2.45) is 0 Å². The summed E-state index contributed by atoms with van der Waals surface area (Å²) in [6.45, 7) is 5.89. The molecule has 4 nitrogen and oxygen atoms in total. The topological polar surface area (TPSA) is 36.5 Å². The average molecular weight is 187 g/mol. The van der Waals surface area contributed by atoms with Gasteiger partial charge in [-0.3, -0.25) is 0 Å². The minimum Gasteiger partial charge on any atom is -0.379 e. The van der Waals surface area contributed by atoms with Gasteiger partial charge in [0.1, 0.15) is 0 Å². The van der Waals surface area contributed by atoms with Crippen LogP contribution < -0.4 is 10.6 Å². The van der Waals surface area contributed by atoms with Crippen LogP contribution in [0.2, 0.25) is 0 Å². The van der Waals surface area contributed by atoms with E-state index in [2.05, 4.69) is 22.6 Å². The van der Waals surface area contributed by atoms with E-state index in [4.69, 9.17) is 4.74 Å². The van der Waals surface area contributed by atoms with Crippen LogP contribution in [0, 0.1) is 0 Å². The lowest BCUT2D eigenvalue weighted by Crippen LogP contribution is -2.56. The Hall–Kier alpha value is -0.160. The van der Waals surface area contributed by atoms with E-state index in [9.17, 15) is 0 Å². The molecule has 1 heterocycles. The van der Waals surface area contributed by atoms with Gasteiger partial charge in [-0.1, -0.05) is 0 Å². The van der Waals surface area contributed by atoms with Crippen molar-refractivity contribution >= 4 is 0 Å². The van der Waals surface area contributed by atoms with E-state index >= 15 is 0 Å². The van der Waals surface area contributed by atoms with Crippen LogP contribution >= 0.6 is 0 Å². The van der Waals surface area contributed by atoms with E-state index in [0.717, 1.165) is 26.3 Å². The quantitative estimate of drug-likeness (QED) is 0.508. The Labute approximate surface area is 80.6 Å². The lowest BCUT2D eigenvalue weighted by atomic mass is 10.1. The molecule has 1 saturated heterocycles. The molecule has 0 aliphatic carbocycles. The van der Waals surface area contributed by atoms with Crippen LogP contribution in [0.5, 0.6) is 0 Å². The maximum Gasteiger partial charge on any atom is 0.0591 e. The third-order valence-corrected chi connectivity index (χ3v) is 2.24. The highest BCUT2D eigenvalue weighted by Crippen LogP contribution is 2.02. The van der Waals surface area contributed by atoms with Crippen molar-refractivity contribution in [2.45, 2.75) is 6.04 Å². The summed E-state index contributed by atoms with van der Waals surface area (Å²) < 4.78 is 5.38. The SMILES string of the molecule is CNCCOCCNC1CN(C)C1. The van der Waals surface area contributed by atoms with Crippen molar-refractivity contribution in [3.63, 3.8) is 0 Å². The highest BCUT2D eigenvalue weighted by Gasteiger charge is 2.21. The van der Waals surface area contributed by atoms with Crippen LogP contribution in [-0.2, 0) is 4.74 Å². The van der Waals surface area contributed by atoms with Crippen LogP contribution in [0.15, 0.2) is 0 Å². The molecule has 0 aromatic rings. The van der Waals surface area contributed by atoms with Crippen molar-refractivity contribution in [1.82, 2.24) is 15.5 Å². The molecule has 1 aliphatic heterocycles. The minimum absolute atomic E-state index is 0.693. The van der Waals surface area contributed by atoms with Crippen molar-refractivity contribution in [2.75, 3.05) is 53.5 Å². The Kier molecular flexibility index (Phi) is 5.31. The summed E-state index contributed by atoms with van der Waals surface area (Å²) in [6.07, 6.45) is 0. The molecule has 13 heavy (non-hydrogen) atoms. The Morgan fingerprint density at radius 1 is 1.31 bits per heavy atom. The zero-order valence-electron chi connectivity index (χ0n) is 8.68. The van der Waals surface area contributed by atoms with Gasteiger partial charge in [0.15, 0.2) is 0 Å². The largest absolute Gasteiger partial charge is 0.379 e. The number of likely N-dealkylation sites (N-methyl/N-ethyl adjacent to an activating group) is 2. The van der Waals surface area contributed by atoms with Crippen LogP contribution in [0.25, 0.3) is 0 Å². The van der Waals surface area contributed by atoms with E-state index in [1.165, 1.54) is 13.1 Å². The summed E-state index contributed by atoms with van der Waals surface area (Å²) >= 11 is 0. The Balaban J connectivity index is 1.74. The van der Waals surface area contributed by atoms with Gasteiger partial charge >= 0.3 is 0 Å². The van der Waals surface area contributed by atoms with E-state index in [0.29, 0.717) is 6.04 Å². The first-order valence-electron chi connectivity index (χ1n) is 4.97. The van der Waals surface area contributed by atoms with Gasteiger partial charge < -0.3 is 20.3 Å². The maximum absolute atomic E-state index is 5.38. The first-order chi connectivity index (χ1) is 6.33. The minimum atomic E-state index is 0.693. The van der Waals surface area contributed by atoms with Crippen LogP contribution in [0.3, 0.4) is 0 Å². The highest BCUT2D eigenvalue weighted by molar-refractivity contribution is 4.82. The number of hydrogen-bond acceptors (Lipinski definition) is 4. The third-order valence-electron chi connectivity index (χ3n) is 2.24. The fraction of sp³-hybridized carbons (Fsp3) is 1.00. The van der Waals surface area contributed by atoms with Gasteiger partial charge in [0, 0.05) is 32.2 Å². The second-order valence-electron chi connectivity index (χ2n) is 3.59. The number of rotatable bonds is 7. The molecule has 1 aliphatic rings. The second-order valence-corrected chi connectivity index (χ2v) is 3.59. The van der Waals surface area contributed by atoms with E-state index in [1.807, 2.05) is 7.05 Å². The number of hydrogen-bond donors (Lipinski definition) is 2. The molecule has 0 saturated carbocycles. The molecule has 0 bridgehead atoms. The predicted octanol–water partition coefficient (Wildman–Crippen LogP) is -0.874. The fourth-order valence-electron chi connectivity index (χ4n) is 1.44. The lowest BCUT2D eigenvalue weighted by Gasteiger charge is -2.36. The zero-order chi connectivity index (χ0) is 9.52. The van der Waals surface area contributed by atoms with Crippen LogP contribution in [0.1, 0.15) is 0 Å². The molecular formula is C9H21N3O. The Bertz CT molecular complexity index is 126. The van der Waals surface area contributed by atoms with Crippen LogP contribution in [0.4, 0.5) is 0 Å². The van der Waals surface area contributed by atoms with E-state index < -0.39 is 0 Å². The Morgan fingerprint density at radius 2 is 2.00 bits per heavy atom. The summed E-state index contributed by atoms with van der Waals surface area (Å²) in [4.78, 5) is 2.31. The monoisotopic (exact) mass is 187 g/mol. The average Bonchev–Trinajstić information content (AvgIpc) is 2.07. The number of nitrogens with one attached hydrogen (secondary N) is 2. The molecule has 4 heteroatoms. The summed E-state index contributed by atoms with van der Waals surface area (Å²) in [5.41, 5.74) is 0. The molecule has 0 aromatic carbocycles. The van der Waals surface area contributed by atoms with Gasteiger partial charge in [-0.15, -0.1) is 0 Å². The van der Waals surface area contributed by atoms with Crippen molar-refractivity contribution in [3.8, 4) is 0 Å². The molecule has 0 amide bonds. The zero-order valence-corrected chi connectivity index (χ0v) is 8.68. The van der Waals surface area contributed by atoms with Crippen molar-refractivity contribution < 1.29 is 4.74 Å². The molecule has 0 aromatic heterocycles. The Morgan fingerprint density at radius 3 is 2.62 bits per heavy atom. The molecule has 78 valence electrons. The molecule has 0 spiro atoms. The number of likely N-dealkylation sites (tertiary alicyclic amines) is 1. The van der Waals surface area contributed by atoms with Crippen molar-refractivity contribution in [3.05, 3.63) is 0 Å². The summed E-state index contributed by atoms with van der Waals surface area (Å²) in [5, 5.41) is 6.48. The molecule has 0 unspecified atom stereocenters. The van der Waals surface area contributed by atoms with Gasteiger partial charge in [0.2, 0.25) is 0 Å². The number of nitrogens with zero attached hydrogens (tertiary/aromatic N) is 1. The van der Waals surface area contributed by atoms with Gasteiger partial charge in [0.05, 0.1) is 13.2 Å². The smallest absolute Gasteiger partial charge is 0.0591 e. The van der Waals surface area contributed by atoms with E-state index in [1.54, 1.807) is 0 Å². The van der Waals surface area contributed by atoms with Gasteiger partial charge in [-0.25, -0.2) is 0 Å². The highest BCUT2D eigenvalue weighted by atomic mass is 16.5. The molecule has 2 N–H and O–H groups in total. The summed E-state index contributed by atoms with van der Waals surface area (Å²) in [6, 6.07) is 0.693. The van der Waals surface area contributed by atoms with Crippen molar-refractivity contribution in [1.29, 1.82) is 0 Å². The molecule has 1 fully saturated rings. The van der Waals surface area contributed by atoms with Crippen LogP contribution in [-0.4, -0.2) is 64.4 Å². The predicted molar refractivity (Wildman–Crippen MR) is 54.0 cm³/mol. The van der Waals surface area contributed by atoms with Gasteiger partial charge in [-0.2, -0.15) is 0 Å². The molecule has 0 radical (unpaired) electrons. The standard InChI is InChI=1S/C9H21N3O/c1-10-3-5-13-6-4-11-9-7-12(2)8-9/h9-11H,3-8H2,1-2H3. The summed E-state index contributed by atoms with van der Waals surface area (Å²) in [5.74, 6) is 0. The van der Waals surface area contributed by atoms with E-state index in [-0.39, 0.29) is 0 Å². The number of ether oxygens (including phenoxy) is 1. The molecular weight excluding hydrogens is 166 g/mol. The summed E-state index contributed by atoms with van der Waals surface area (Å²) in [7, 11) is 4.08.